The molecule has 0 atom stereocenters. The third-order valence-corrected chi connectivity index (χ3v) is 8.51. The summed E-state index contributed by atoms with van der Waals surface area (Å²) in [6.07, 6.45) is 0. The van der Waals surface area contributed by atoms with Gasteiger partial charge in [0.1, 0.15) is 11.2 Å². The molecule has 0 aliphatic carbocycles. The number of nitrogens with zero attached hydrogens (tertiary/aromatic N) is 3. The molecule has 2 heterocycles. The largest absolute Gasteiger partial charge is 0.456 e. The van der Waals surface area contributed by atoms with E-state index in [2.05, 4.69) is 133 Å². The van der Waals surface area contributed by atoms with Crippen LogP contribution in [0.2, 0.25) is 0 Å². The van der Waals surface area contributed by atoms with Crippen molar-refractivity contribution in [1.29, 1.82) is 0 Å². The molecule has 0 radical (unpaired) electrons. The molecular formula is C41H25N3O. The summed E-state index contributed by atoms with van der Waals surface area (Å²) in [4.78, 5) is 15.2. The van der Waals surface area contributed by atoms with E-state index in [4.69, 9.17) is 19.4 Å². The van der Waals surface area contributed by atoms with Crippen molar-refractivity contribution in [2.24, 2.45) is 0 Å². The van der Waals surface area contributed by atoms with Crippen LogP contribution in [-0.4, -0.2) is 15.0 Å². The predicted molar refractivity (Wildman–Crippen MR) is 184 cm³/mol. The average Bonchev–Trinajstić information content (AvgIpc) is 3.47. The van der Waals surface area contributed by atoms with E-state index in [0.29, 0.717) is 17.5 Å². The van der Waals surface area contributed by atoms with Crippen LogP contribution in [0.5, 0.6) is 0 Å². The topological polar surface area (TPSA) is 51.8 Å². The summed E-state index contributed by atoms with van der Waals surface area (Å²) >= 11 is 0. The van der Waals surface area contributed by atoms with Crippen molar-refractivity contribution in [2.75, 3.05) is 0 Å². The van der Waals surface area contributed by atoms with Crippen LogP contribution >= 0.6 is 0 Å². The Bertz CT molecular complexity index is 2530. The van der Waals surface area contributed by atoms with Crippen LogP contribution in [0, 0.1) is 0 Å². The van der Waals surface area contributed by atoms with E-state index in [-0.39, 0.29) is 0 Å². The van der Waals surface area contributed by atoms with Crippen molar-refractivity contribution in [1.82, 2.24) is 15.0 Å². The Balaban J connectivity index is 1.24. The Morgan fingerprint density at radius 2 is 0.911 bits per heavy atom. The van der Waals surface area contributed by atoms with Gasteiger partial charge in [-0.3, -0.25) is 0 Å². The molecule has 9 rings (SSSR count). The second-order valence-corrected chi connectivity index (χ2v) is 11.3. The number of hydrogen-bond donors (Lipinski definition) is 0. The van der Waals surface area contributed by atoms with E-state index in [0.717, 1.165) is 60.4 Å². The Morgan fingerprint density at radius 1 is 0.333 bits per heavy atom. The van der Waals surface area contributed by atoms with Gasteiger partial charge in [-0.1, -0.05) is 121 Å². The first-order valence-corrected chi connectivity index (χ1v) is 15.0. The lowest BCUT2D eigenvalue weighted by Crippen LogP contribution is -2.00. The normalized spacial score (nSPS) is 11.6. The van der Waals surface area contributed by atoms with Crippen molar-refractivity contribution < 1.29 is 4.42 Å². The molecule has 9 aromatic rings. The Labute approximate surface area is 259 Å². The van der Waals surface area contributed by atoms with Gasteiger partial charge in [0, 0.05) is 27.5 Å². The molecule has 0 bridgehead atoms. The van der Waals surface area contributed by atoms with E-state index in [1.807, 2.05) is 18.2 Å². The van der Waals surface area contributed by atoms with Gasteiger partial charge < -0.3 is 4.42 Å². The van der Waals surface area contributed by atoms with Gasteiger partial charge in [-0.2, -0.15) is 0 Å². The molecule has 210 valence electrons. The van der Waals surface area contributed by atoms with Crippen molar-refractivity contribution >= 4 is 43.5 Å². The van der Waals surface area contributed by atoms with Gasteiger partial charge in [0.15, 0.2) is 17.5 Å². The van der Waals surface area contributed by atoms with Crippen molar-refractivity contribution in [2.45, 2.75) is 0 Å². The standard InChI is InChI=1S/C41H25N3O/c1-2-9-26(10-3-1)27-17-19-29(20-18-27)39-42-40(44-41(43-39)34-16-8-14-28-11-6-7-15-33(28)34)32-21-22-37-35(24-32)36-23-30-12-4-5-13-31(30)25-38(36)45-37/h1-25H. The zero-order valence-electron chi connectivity index (χ0n) is 24.2. The van der Waals surface area contributed by atoms with E-state index < -0.39 is 0 Å². The highest BCUT2D eigenvalue weighted by Gasteiger charge is 2.16. The number of aromatic nitrogens is 3. The number of furan rings is 1. The minimum atomic E-state index is 0.618. The highest BCUT2D eigenvalue weighted by Crippen LogP contribution is 2.36. The van der Waals surface area contributed by atoms with Crippen LogP contribution in [-0.2, 0) is 0 Å². The van der Waals surface area contributed by atoms with Gasteiger partial charge in [-0.15, -0.1) is 0 Å². The lowest BCUT2D eigenvalue weighted by atomic mass is 10.0. The zero-order valence-corrected chi connectivity index (χ0v) is 24.2. The van der Waals surface area contributed by atoms with Gasteiger partial charge in [0.25, 0.3) is 0 Å². The van der Waals surface area contributed by atoms with Gasteiger partial charge >= 0.3 is 0 Å². The average molecular weight is 576 g/mol. The molecule has 7 aromatic carbocycles. The molecule has 0 saturated carbocycles. The fraction of sp³-hybridized carbons (Fsp3) is 0. The molecule has 45 heavy (non-hydrogen) atoms. The summed E-state index contributed by atoms with van der Waals surface area (Å²) in [6.45, 7) is 0. The number of fused-ring (bicyclic) bond motifs is 5. The highest BCUT2D eigenvalue weighted by atomic mass is 16.3. The van der Waals surface area contributed by atoms with Gasteiger partial charge in [0.2, 0.25) is 0 Å². The first-order chi connectivity index (χ1) is 22.3. The minimum absolute atomic E-state index is 0.618. The lowest BCUT2D eigenvalue weighted by Gasteiger charge is -2.11. The summed E-state index contributed by atoms with van der Waals surface area (Å²) in [5.74, 6) is 1.89. The van der Waals surface area contributed by atoms with Crippen LogP contribution in [0.1, 0.15) is 0 Å². The summed E-state index contributed by atoms with van der Waals surface area (Å²) in [5.41, 5.74) is 6.83. The zero-order chi connectivity index (χ0) is 29.7. The maximum atomic E-state index is 6.28. The van der Waals surface area contributed by atoms with Gasteiger partial charge in [-0.25, -0.2) is 15.0 Å². The van der Waals surface area contributed by atoms with E-state index in [9.17, 15) is 0 Å². The first kappa shape index (κ1) is 25.4. The maximum Gasteiger partial charge on any atom is 0.164 e. The molecule has 0 spiro atoms. The molecule has 0 saturated heterocycles. The number of benzene rings is 7. The summed E-state index contributed by atoms with van der Waals surface area (Å²) in [6, 6.07) is 52.3. The molecule has 4 heteroatoms. The predicted octanol–water partition coefficient (Wildman–Crippen LogP) is 10.7. The van der Waals surface area contributed by atoms with Crippen molar-refractivity contribution in [3.05, 3.63) is 152 Å². The molecule has 0 fully saturated rings. The number of hydrogen-bond acceptors (Lipinski definition) is 4. The van der Waals surface area contributed by atoms with Crippen LogP contribution < -0.4 is 0 Å². The van der Waals surface area contributed by atoms with Gasteiger partial charge in [-0.05, 0) is 63.0 Å². The van der Waals surface area contributed by atoms with Crippen LogP contribution in [0.25, 0.3) is 88.8 Å². The second kappa shape index (κ2) is 10.2. The molecule has 0 N–H and O–H groups in total. The molecular weight excluding hydrogens is 550 g/mol. The highest BCUT2D eigenvalue weighted by molar-refractivity contribution is 6.11. The third-order valence-electron chi connectivity index (χ3n) is 8.51. The van der Waals surface area contributed by atoms with Gasteiger partial charge in [0.05, 0.1) is 0 Å². The summed E-state index contributed by atoms with van der Waals surface area (Å²) in [5, 5.41) is 6.69. The van der Waals surface area contributed by atoms with E-state index in [1.165, 1.54) is 10.9 Å². The number of rotatable bonds is 4. The third kappa shape index (κ3) is 4.43. The SMILES string of the molecule is c1ccc(-c2ccc(-c3nc(-c4ccc5oc6cc7ccccc7cc6c5c4)nc(-c4cccc5ccccc45)n3)cc2)cc1. The monoisotopic (exact) mass is 575 g/mol. The van der Waals surface area contributed by atoms with Crippen LogP contribution in [0.15, 0.2) is 156 Å². The second-order valence-electron chi connectivity index (χ2n) is 11.3. The molecule has 0 amide bonds. The summed E-state index contributed by atoms with van der Waals surface area (Å²) < 4.78 is 6.28. The quantitative estimate of drug-likeness (QED) is 0.209. The molecule has 0 aliphatic rings. The Kier molecular flexibility index (Phi) is 5.78. The van der Waals surface area contributed by atoms with Crippen molar-refractivity contribution in [3.8, 4) is 45.3 Å². The Hall–Kier alpha value is -6.13. The summed E-state index contributed by atoms with van der Waals surface area (Å²) in [7, 11) is 0. The van der Waals surface area contributed by atoms with E-state index in [1.54, 1.807) is 0 Å². The smallest absolute Gasteiger partial charge is 0.164 e. The van der Waals surface area contributed by atoms with Crippen LogP contribution in [0.3, 0.4) is 0 Å². The maximum absolute atomic E-state index is 6.28. The fourth-order valence-corrected chi connectivity index (χ4v) is 6.22. The first-order valence-electron chi connectivity index (χ1n) is 15.0. The van der Waals surface area contributed by atoms with Crippen molar-refractivity contribution in [3.63, 3.8) is 0 Å². The Morgan fingerprint density at radius 3 is 1.73 bits per heavy atom. The van der Waals surface area contributed by atoms with Crippen LogP contribution in [0.4, 0.5) is 0 Å². The van der Waals surface area contributed by atoms with E-state index >= 15 is 0 Å². The molecule has 2 aromatic heterocycles. The fourth-order valence-electron chi connectivity index (χ4n) is 6.22. The lowest BCUT2D eigenvalue weighted by molar-refractivity contribution is 0.669. The minimum Gasteiger partial charge on any atom is -0.456 e. The molecule has 0 aliphatic heterocycles. The molecule has 0 unspecified atom stereocenters. The molecule has 4 nitrogen and oxygen atoms in total.